The minimum atomic E-state index is -2.18. The Morgan fingerprint density at radius 1 is 1.00 bits per heavy atom. The zero-order valence-corrected chi connectivity index (χ0v) is 24.1. The zero-order valence-electron chi connectivity index (χ0n) is 23.1. The van der Waals surface area contributed by atoms with Crippen LogP contribution in [-0.4, -0.2) is 56.9 Å². The van der Waals surface area contributed by atoms with E-state index in [9.17, 15) is 9.90 Å². The average Bonchev–Trinajstić information content (AvgIpc) is 2.80. The van der Waals surface area contributed by atoms with Crippen LogP contribution in [0.4, 0.5) is 0 Å². The predicted octanol–water partition coefficient (Wildman–Crippen LogP) is 5.70. The quantitative estimate of drug-likeness (QED) is 0.312. The Morgan fingerprint density at radius 2 is 1.61 bits per heavy atom. The molecule has 2 heterocycles. The summed E-state index contributed by atoms with van der Waals surface area (Å²) in [5.41, 5.74) is 2.36. The van der Waals surface area contributed by atoms with Gasteiger partial charge in [0, 0.05) is 25.7 Å². The summed E-state index contributed by atoms with van der Waals surface area (Å²) in [5.74, 6) is -1.42. The average molecular weight is 523 g/mol. The Balaban J connectivity index is 1.82. The number of ether oxygens (including phenoxy) is 4. The van der Waals surface area contributed by atoms with Crippen LogP contribution in [0.25, 0.3) is 0 Å². The molecule has 0 aromatic heterocycles. The molecule has 5 atom stereocenters. The molecule has 2 saturated heterocycles. The molecule has 0 aliphatic carbocycles. The summed E-state index contributed by atoms with van der Waals surface area (Å²) in [4.78, 5) is 12.1. The molecule has 0 amide bonds. The Kier molecular flexibility index (Phi) is 10.2. The Hall–Kier alpha value is -1.29. The van der Waals surface area contributed by atoms with Gasteiger partial charge >= 0.3 is 5.97 Å². The molecule has 2 fully saturated rings. The van der Waals surface area contributed by atoms with Gasteiger partial charge in [0.2, 0.25) is 8.32 Å². The maximum Gasteiger partial charge on any atom is 0.308 e. The highest BCUT2D eigenvalue weighted by Crippen LogP contribution is 2.47. The third-order valence-electron chi connectivity index (χ3n) is 7.83. The van der Waals surface area contributed by atoms with Crippen LogP contribution in [0.1, 0.15) is 79.2 Å². The highest BCUT2D eigenvalue weighted by atomic mass is 28.4. The fourth-order valence-electron chi connectivity index (χ4n) is 6.43. The van der Waals surface area contributed by atoms with Crippen LogP contribution in [0.3, 0.4) is 0 Å². The number of hydrogen-bond acceptors (Lipinski definition) is 7. The lowest BCUT2D eigenvalue weighted by atomic mass is 9.90. The summed E-state index contributed by atoms with van der Waals surface area (Å²) in [7, 11) is -0.800. The van der Waals surface area contributed by atoms with Gasteiger partial charge in [0.05, 0.1) is 38.4 Å². The van der Waals surface area contributed by atoms with Crippen LogP contribution < -0.4 is 0 Å². The Labute approximate surface area is 217 Å². The van der Waals surface area contributed by atoms with Crippen molar-refractivity contribution in [2.45, 2.75) is 127 Å². The van der Waals surface area contributed by atoms with Gasteiger partial charge < -0.3 is 28.5 Å². The van der Waals surface area contributed by atoms with Crippen molar-refractivity contribution in [1.82, 2.24) is 0 Å². The Morgan fingerprint density at radius 3 is 2.19 bits per heavy atom. The second kappa shape index (κ2) is 12.5. The summed E-state index contributed by atoms with van der Waals surface area (Å²) < 4.78 is 30.8. The first-order valence-electron chi connectivity index (χ1n) is 13.4. The number of carbonyl (C=O) groups excluding carboxylic acids is 1. The van der Waals surface area contributed by atoms with Crippen LogP contribution in [0.5, 0.6) is 0 Å². The van der Waals surface area contributed by atoms with E-state index in [0.717, 1.165) is 5.56 Å². The van der Waals surface area contributed by atoms with Crippen LogP contribution >= 0.6 is 0 Å². The predicted molar refractivity (Wildman–Crippen MR) is 141 cm³/mol. The molecule has 2 aliphatic heterocycles. The van der Waals surface area contributed by atoms with Crippen LogP contribution in [0, 0.1) is 0 Å². The minimum absolute atomic E-state index is 0.108. The number of hydrogen-bond donors (Lipinski definition) is 1. The molecule has 1 N–H and O–H groups in total. The lowest BCUT2D eigenvalue weighted by Crippen LogP contribution is -2.58. The van der Waals surface area contributed by atoms with Crippen molar-refractivity contribution in [3.63, 3.8) is 0 Å². The van der Waals surface area contributed by atoms with E-state index in [-0.39, 0.29) is 24.6 Å². The van der Waals surface area contributed by atoms with Gasteiger partial charge in [0.15, 0.2) is 12.1 Å². The minimum Gasteiger partial charge on any atom is -0.469 e. The van der Waals surface area contributed by atoms with Gasteiger partial charge in [0.25, 0.3) is 0 Å². The van der Waals surface area contributed by atoms with Gasteiger partial charge in [0.1, 0.15) is 0 Å². The van der Waals surface area contributed by atoms with Gasteiger partial charge in [-0.2, -0.15) is 0 Å². The van der Waals surface area contributed by atoms with Crippen molar-refractivity contribution in [2.24, 2.45) is 0 Å². The molecule has 0 radical (unpaired) electrons. The van der Waals surface area contributed by atoms with E-state index in [0.29, 0.717) is 48.9 Å². The van der Waals surface area contributed by atoms with E-state index in [4.69, 9.17) is 23.4 Å². The smallest absolute Gasteiger partial charge is 0.308 e. The lowest BCUT2D eigenvalue weighted by molar-refractivity contribution is -0.369. The first kappa shape index (κ1) is 29.3. The molecule has 1 aromatic carbocycles. The normalized spacial score (nSPS) is 29.3. The first-order chi connectivity index (χ1) is 17.0. The van der Waals surface area contributed by atoms with Crippen molar-refractivity contribution in [1.29, 1.82) is 0 Å². The summed E-state index contributed by atoms with van der Waals surface area (Å²) >= 11 is 0. The maximum absolute atomic E-state index is 12.1. The zero-order chi connectivity index (χ0) is 26.5. The second-order valence-electron chi connectivity index (χ2n) is 11.4. The standard InChI is InChI=1S/C28H46O7Si/c1-19(2)36(20(3)4,21(5)6)35-25-15-27(30)34-28(17-25)16-24(13-23(33-28)14-26(29)31-7)32-18-22-11-9-8-10-12-22/h8-12,19-21,23-25,27,30H,13-18H2,1-7H3/t23-,24-,25-,27-,28-/m0/s1. The fourth-order valence-corrected chi connectivity index (χ4v) is 12.0. The molecule has 8 heteroatoms. The van der Waals surface area contributed by atoms with Gasteiger partial charge in [-0.05, 0) is 22.2 Å². The van der Waals surface area contributed by atoms with E-state index >= 15 is 0 Å². The molecule has 2 aliphatic rings. The topological polar surface area (TPSA) is 83.5 Å². The van der Waals surface area contributed by atoms with Crippen molar-refractivity contribution in [3.05, 3.63) is 35.9 Å². The molecule has 36 heavy (non-hydrogen) atoms. The lowest BCUT2D eigenvalue weighted by Gasteiger charge is -2.52. The van der Waals surface area contributed by atoms with E-state index < -0.39 is 26.5 Å². The SMILES string of the molecule is COC(=O)C[C@@H]1C[C@H](OCc2ccccc2)C[C@]2(C[C@@H](O[Si](C(C)C)(C(C)C)C(C)C)C[C@@H](O)O2)O1. The first-order valence-corrected chi connectivity index (χ1v) is 15.6. The van der Waals surface area contributed by atoms with E-state index in [1.165, 1.54) is 7.11 Å². The molecule has 1 aromatic rings. The Bertz CT molecular complexity index is 809. The van der Waals surface area contributed by atoms with Crippen molar-refractivity contribution < 1.29 is 33.3 Å². The van der Waals surface area contributed by atoms with Crippen molar-refractivity contribution in [2.75, 3.05) is 7.11 Å². The third-order valence-corrected chi connectivity index (χ3v) is 14.0. The highest BCUT2D eigenvalue weighted by Gasteiger charge is 2.53. The molecule has 0 bridgehead atoms. The fraction of sp³-hybridized carbons (Fsp3) is 0.750. The molecular formula is C28H46O7Si. The number of benzene rings is 1. The monoisotopic (exact) mass is 522 g/mol. The number of esters is 1. The summed E-state index contributed by atoms with van der Waals surface area (Å²) in [6, 6.07) is 10.0. The molecule has 7 nitrogen and oxygen atoms in total. The number of carbonyl (C=O) groups is 1. The van der Waals surface area contributed by atoms with Gasteiger partial charge in [-0.3, -0.25) is 4.79 Å². The second-order valence-corrected chi connectivity index (χ2v) is 16.8. The number of rotatable bonds is 10. The summed E-state index contributed by atoms with van der Waals surface area (Å²) in [6.45, 7) is 14.0. The van der Waals surface area contributed by atoms with Gasteiger partial charge in [-0.25, -0.2) is 0 Å². The van der Waals surface area contributed by atoms with Crippen molar-refractivity contribution >= 4 is 14.3 Å². The summed E-state index contributed by atoms with van der Waals surface area (Å²) in [6.07, 6.45) is 0.203. The number of aliphatic hydroxyl groups excluding tert-OH is 1. The molecule has 0 saturated carbocycles. The number of methoxy groups -OCH3 is 1. The van der Waals surface area contributed by atoms with E-state index in [2.05, 4.69) is 41.5 Å². The van der Waals surface area contributed by atoms with Gasteiger partial charge in [-0.15, -0.1) is 0 Å². The largest absolute Gasteiger partial charge is 0.469 e. The molecular weight excluding hydrogens is 476 g/mol. The molecule has 3 rings (SSSR count). The van der Waals surface area contributed by atoms with Crippen LogP contribution in [0.15, 0.2) is 30.3 Å². The molecule has 204 valence electrons. The highest BCUT2D eigenvalue weighted by molar-refractivity contribution is 6.77. The van der Waals surface area contributed by atoms with E-state index in [1.807, 2.05) is 30.3 Å². The number of aliphatic hydroxyl groups is 1. The van der Waals surface area contributed by atoms with E-state index in [1.54, 1.807) is 0 Å². The molecule has 1 spiro atoms. The maximum atomic E-state index is 12.1. The summed E-state index contributed by atoms with van der Waals surface area (Å²) in [5, 5.41) is 10.8. The third kappa shape index (κ3) is 6.97. The molecule has 0 unspecified atom stereocenters. The van der Waals surface area contributed by atoms with Crippen LogP contribution in [0.2, 0.25) is 16.6 Å². The van der Waals surface area contributed by atoms with Gasteiger partial charge in [-0.1, -0.05) is 71.9 Å². The van der Waals surface area contributed by atoms with Crippen molar-refractivity contribution in [3.8, 4) is 0 Å². The van der Waals surface area contributed by atoms with Crippen LogP contribution in [-0.2, 0) is 34.8 Å².